The molecule has 0 atom stereocenters. The number of rotatable bonds is 3. The van der Waals surface area contributed by atoms with Gasteiger partial charge in [0.2, 0.25) is 17.4 Å². The van der Waals surface area contributed by atoms with Crippen molar-refractivity contribution in [2.24, 2.45) is 0 Å². The molecule has 1 amide bonds. The van der Waals surface area contributed by atoms with Crippen LogP contribution in [-0.4, -0.2) is 22.9 Å². The van der Waals surface area contributed by atoms with Gasteiger partial charge in [-0.1, -0.05) is 11.6 Å². The summed E-state index contributed by atoms with van der Waals surface area (Å²) >= 11 is 5.76. The van der Waals surface area contributed by atoms with Gasteiger partial charge in [0.1, 0.15) is 0 Å². The minimum absolute atomic E-state index is 0.0194. The van der Waals surface area contributed by atoms with Crippen LogP contribution in [0.25, 0.3) is 11.3 Å². The zero-order valence-corrected chi connectivity index (χ0v) is 11.3. The van der Waals surface area contributed by atoms with Crippen LogP contribution in [0.1, 0.15) is 6.92 Å². The third-order valence-electron chi connectivity index (χ3n) is 2.46. The summed E-state index contributed by atoms with van der Waals surface area (Å²) in [6, 6.07) is 6.42. The lowest BCUT2D eigenvalue weighted by Gasteiger charge is -2.01. The molecule has 6 nitrogen and oxygen atoms in total. The van der Waals surface area contributed by atoms with Crippen molar-refractivity contribution < 1.29 is 24.2 Å². The molecule has 1 aromatic heterocycles. The molecule has 1 heterocycles. The molecule has 0 saturated heterocycles. The zero-order chi connectivity index (χ0) is 14.7. The first kappa shape index (κ1) is 14.1. The van der Waals surface area contributed by atoms with Crippen LogP contribution in [0.4, 0.5) is 10.7 Å². The van der Waals surface area contributed by atoms with E-state index in [1.807, 2.05) is 0 Å². The van der Waals surface area contributed by atoms with Crippen LogP contribution in [0.3, 0.4) is 0 Å². The average molecular weight is 298 g/mol. The van der Waals surface area contributed by atoms with Crippen molar-refractivity contribution in [1.29, 1.82) is 0 Å². The summed E-state index contributed by atoms with van der Waals surface area (Å²) in [6.07, 6.45) is -0.792. The van der Waals surface area contributed by atoms with Gasteiger partial charge in [0.25, 0.3) is 0 Å². The van der Waals surface area contributed by atoms with E-state index < -0.39 is 17.6 Å². The Morgan fingerprint density at radius 1 is 1.30 bits per heavy atom. The van der Waals surface area contributed by atoms with Crippen LogP contribution in [0.5, 0.6) is 11.5 Å². The number of benzene rings is 1. The normalized spacial score (nSPS) is 10.3. The van der Waals surface area contributed by atoms with E-state index in [0.29, 0.717) is 10.6 Å². The molecule has 0 saturated carbocycles. The van der Waals surface area contributed by atoms with Crippen LogP contribution < -0.4 is 5.32 Å². The first-order valence-corrected chi connectivity index (χ1v) is 6.15. The van der Waals surface area contributed by atoms with Gasteiger partial charge in [-0.05, 0) is 31.2 Å². The quantitative estimate of drug-likeness (QED) is 0.805. The van der Waals surface area contributed by atoms with Crippen molar-refractivity contribution in [3.63, 3.8) is 0 Å². The summed E-state index contributed by atoms with van der Waals surface area (Å²) in [5, 5.41) is 22.2. The zero-order valence-electron chi connectivity index (χ0n) is 10.5. The number of hydrogen-bond donors (Lipinski definition) is 3. The summed E-state index contributed by atoms with van der Waals surface area (Å²) < 4.78 is 9.88. The second-order valence-electron chi connectivity index (χ2n) is 3.81. The van der Waals surface area contributed by atoms with Crippen LogP contribution in [-0.2, 0) is 4.74 Å². The molecule has 0 unspecified atom stereocenters. The summed E-state index contributed by atoms with van der Waals surface area (Å²) in [5.41, 5.74) is 0.499. The van der Waals surface area contributed by atoms with E-state index >= 15 is 0 Å². The number of anilines is 1. The minimum atomic E-state index is -0.792. The Morgan fingerprint density at radius 3 is 2.55 bits per heavy atom. The summed E-state index contributed by atoms with van der Waals surface area (Å²) in [5.74, 6) is -1.31. The SMILES string of the molecule is CCOC(=O)Nc1oc(-c2ccc(Cl)cc2)c(O)c1O. The van der Waals surface area contributed by atoms with E-state index in [9.17, 15) is 15.0 Å². The van der Waals surface area contributed by atoms with Gasteiger partial charge >= 0.3 is 6.09 Å². The van der Waals surface area contributed by atoms with Crippen molar-refractivity contribution in [1.82, 2.24) is 0 Å². The van der Waals surface area contributed by atoms with Gasteiger partial charge in [0.05, 0.1) is 6.61 Å². The van der Waals surface area contributed by atoms with Crippen molar-refractivity contribution in [3.8, 4) is 22.8 Å². The topological polar surface area (TPSA) is 91.9 Å². The van der Waals surface area contributed by atoms with Crippen LogP contribution >= 0.6 is 11.6 Å². The average Bonchev–Trinajstić information content (AvgIpc) is 2.68. The third kappa shape index (κ3) is 2.80. The molecule has 0 bridgehead atoms. The lowest BCUT2D eigenvalue weighted by atomic mass is 10.1. The second-order valence-corrected chi connectivity index (χ2v) is 4.25. The Labute approximate surface area is 119 Å². The number of carbonyl (C=O) groups excluding carboxylic acids is 1. The molecule has 106 valence electrons. The van der Waals surface area contributed by atoms with Gasteiger partial charge in [0, 0.05) is 10.6 Å². The van der Waals surface area contributed by atoms with E-state index in [0.717, 1.165) is 0 Å². The molecular formula is C13H12ClNO5. The van der Waals surface area contributed by atoms with E-state index in [4.69, 9.17) is 16.0 Å². The highest BCUT2D eigenvalue weighted by atomic mass is 35.5. The third-order valence-corrected chi connectivity index (χ3v) is 2.71. The molecule has 0 aliphatic heterocycles. The number of furan rings is 1. The molecule has 1 aromatic carbocycles. The minimum Gasteiger partial charge on any atom is -0.502 e. The molecule has 0 aliphatic rings. The number of nitrogens with one attached hydrogen (secondary N) is 1. The molecule has 2 rings (SSSR count). The lowest BCUT2D eigenvalue weighted by molar-refractivity contribution is 0.167. The first-order chi connectivity index (χ1) is 9.52. The number of halogens is 1. The molecule has 20 heavy (non-hydrogen) atoms. The van der Waals surface area contributed by atoms with Crippen LogP contribution in [0, 0.1) is 0 Å². The molecule has 3 N–H and O–H groups in total. The molecule has 0 fully saturated rings. The fourth-order valence-electron chi connectivity index (χ4n) is 1.56. The molecule has 0 radical (unpaired) electrons. The predicted molar refractivity (Wildman–Crippen MR) is 73.1 cm³/mol. The number of ether oxygens (including phenoxy) is 1. The fourth-order valence-corrected chi connectivity index (χ4v) is 1.68. The maximum Gasteiger partial charge on any atom is 0.414 e. The van der Waals surface area contributed by atoms with E-state index in [1.54, 1.807) is 31.2 Å². The van der Waals surface area contributed by atoms with E-state index in [2.05, 4.69) is 10.1 Å². The van der Waals surface area contributed by atoms with E-state index in [1.165, 1.54) is 0 Å². The Hall–Kier alpha value is -2.34. The number of aromatic hydroxyl groups is 2. The number of carbonyl (C=O) groups is 1. The molecular weight excluding hydrogens is 286 g/mol. The van der Waals surface area contributed by atoms with Gasteiger partial charge in [-0.3, -0.25) is 5.32 Å². The van der Waals surface area contributed by atoms with E-state index in [-0.39, 0.29) is 18.3 Å². The van der Waals surface area contributed by atoms with Crippen molar-refractivity contribution in [2.45, 2.75) is 6.92 Å². The second kappa shape index (κ2) is 5.75. The van der Waals surface area contributed by atoms with Gasteiger partial charge in [-0.15, -0.1) is 0 Å². The Kier molecular flexibility index (Phi) is 4.05. The Balaban J connectivity index is 2.32. The smallest absolute Gasteiger partial charge is 0.414 e. The Bertz CT molecular complexity index is 620. The van der Waals surface area contributed by atoms with Gasteiger partial charge in [0.15, 0.2) is 5.76 Å². The molecule has 0 spiro atoms. The standard InChI is InChI=1S/C13H12ClNO5/c1-2-19-13(18)15-12-10(17)9(16)11(20-12)7-3-5-8(14)6-4-7/h3-6,16-17H,2H2,1H3,(H,15,18). The molecule has 2 aromatic rings. The molecule has 0 aliphatic carbocycles. The van der Waals surface area contributed by atoms with Gasteiger partial charge < -0.3 is 19.4 Å². The van der Waals surface area contributed by atoms with Crippen molar-refractivity contribution in [2.75, 3.05) is 11.9 Å². The van der Waals surface area contributed by atoms with Crippen molar-refractivity contribution >= 4 is 23.6 Å². The lowest BCUT2D eigenvalue weighted by Crippen LogP contribution is -2.12. The monoisotopic (exact) mass is 297 g/mol. The van der Waals surface area contributed by atoms with Gasteiger partial charge in [-0.2, -0.15) is 0 Å². The summed E-state index contributed by atoms with van der Waals surface area (Å²) in [4.78, 5) is 11.3. The summed E-state index contributed by atoms with van der Waals surface area (Å²) in [6.45, 7) is 1.81. The molecule has 7 heteroatoms. The fraction of sp³-hybridized carbons (Fsp3) is 0.154. The maximum absolute atomic E-state index is 11.3. The number of hydrogen-bond acceptors (Lipinski definition) is 5. The number of amides is 1. The maximum atomic E-state index is 11.3. The largest absolute Gasteiger partial charge is 0.502 e. The first-order valence-electron chi connectivity index (χ1n) is 5.77. The predicted octanol–water partition coefficient (Wildman–Crippen LogP) is 3.58. The summed E-state index contributed by atoms with van der Waals surface area (Å²) in [7, 11) is 0. The Morgan fingerprint density at radius 2 is 1.95 bits per heavy atom. The van der Waals surface area contributed by atoms with Crippen LogP contribution in [0.15, 0.2) is 28.7 Å². The highest BCUT2D eigenvalue weighted by Gasteiger charge is 2.22. The highest BCUT2D eigenvalue weighted by molar-refractivity contribution is 6.30. The van der Waals surface area contributed by atoms with Crippen LogP contribution in [0.2, 0.25) is 5.02 Å². The van der Waals surface area contributed by atoms with Crippen molar-refractivity contribution in [3.05, 3.63) is 29.3 Å². The highest BCUT2D eigenvalue weighted by Crippen LogP contribution is 2.45. The van der Waals surface area contributed by atoms with Gasteiger partial charge in [-0.25, -0.2) is 4.79 Å².